The standard InChI is InChI=1S/C14H13IO3/c1-2-10(15)14(17)18-12-8-4-6-9-5-3-7-11(16)13(9)12/h3-8,10,16H,2H2,1H3. The maximum atomic E-state index is 11.8. The van der Waals surface area contributed by atoms with Gasteiger partial charge in [-0.2, -0.15) is 0 Å². The quantitative estimate of drug-likeness (QED) is 0.395. The predicted molar refractivity (Wildman–Crippen MR) is 79.3 cm³/mol. The first kappa shape index (κ1) is 13.1. The molecule has 1 atom stereocenters. The largest absolute Gasteiger partial charge is 0.507 e. The Bertz CT molecular complexity index is 575. The van der Waals surface area contributed by atoms with Crippen molar-refractivity contribution >= 4 is 39.3 Å². The molecule has 0 fully saturated rings. The topological polar surface area (TPSA) is 46.5 Å². The first-order valence-corrected chi connectivity index (χ1v) is 6.94. The molecule has 94 valence electrons. The van der Waals surface area contributed by atoms with Crippen LogP contribution in [0.1, 0.15) is 13.3 Å². The summed E-state index contributed by atoms with van der Waals surface area (Å²) in [6.07, 6.45) is 0.718. The number of aromatic hydroxyl groups is 1. The van der Waals surface area contributed by atoms with E-state index < -0.39 is 0 Å². The highest BCUT2D eigenvalue weighted by atomic mass is 127. The molecule has 0 heterocycles. The van der Waals surface area contributed by atoms with Crippen molar-refractivity contribution in [3.05, 3.63) is 36.4 Å². The van der Waals surface area contributed by atoms with Gasteiger partial charge in [0.2, 0.25) is 0 Å². The Kier molecular flexibility index (Phi) is 4.06. The maximum Gasteiger partial charge on any atom is 0.324 e. The van der Waals surface area contributed by atoms with E-state index in [0.29, 0.717) is 11.1 Å². The molecule has 2 rings (SSSR count). The Morgan fingerprint density at radius 3 is 2.67 bits per heavy atom. The van der Waals surface area contributed by atoms with E-state index in [1.165, 1.54) is 0 Å². The van der Waals surface area contributed by atoms with Crippen LogP contribution in [-0.2, 0) is 4.79 Å². The summed E-state index contributed by atoms with van der Waals surface area (Å²) in [5.74, 6) is 0.247. The molecular weight excluding hydrogens is 343 g/mol. The van der Waals surface area contributed by atoms with Crippen molar-refractivity contribution in [2.24, 2.45) is 0 Å². The Morgan fingerprint density at radius 2 is 2.00 bits per heavy atom. The lowest BCUT2D eigenvalue weighted by atomic mass is 10.1. The van der Waals surface area contributed by atoms with Crippen LogP contribution in [0.15, 0.2) is 36.4 Å². The zero-order valence-electron chi connectivity index (χ0n) is 9.89. The summed E-state index contributed by atoms with van der Waals surface area (Å²) in [5.41, 5.74) is 0. The lowest BCUT2D eigenvalue weighted by molar-refractivity contribution is -0.133. The fourth-order valence-corrected chi connectivity index (χ4v) is 1.84. The summed E-state index contributed by atoms with van der Waals surface area (Å²) in [5, 5.41) is 11.3. The van der Waals surface area contributed by atoms with E-state index in [9.17, 15) is 9.90 Å². The molecular formula is C14H13IO3. The maximum absolute atomic E-state index is 11.8. The highest BCUT2D eigenvalue weighted by Crippen LogP contribution is 2.33. The van der Waals surface area contributed by atoms with Crippen LogP contribution < -0.4 is 4.74 Å². The van der Waals surface area contributed by atoms with Crippen molar-refractivity contribution < 1.29 is 14.6 Å². The number of hydrogen-bond donors (Lipinski definition) is 1. The molecule has 0 radical (unpaired) electrons. The number of halogens is 1. The third kappa shape index (κ3) is 2.58. The van der Waals surface area contributed by atoms with Crippen molar-refractivity contribution in [2.75, 3.05) is 0 Å². The lowest BCUT2D eigenvalue weighted by Gasteiger charge is -2.11. The molecule has 18 heavy (non-hydrogen) atoms. The second-order valence-electron chi connectivity index (χ2n) is 3.93. The van der Waals surface area contributed by atoms with Gasteiger partial charge in [0.25, 0.3) is 0 Å². The molecule has 0 amide bonds. The number of fused-ring (bicyclic) bond motifs is 1. The minimum absolute atomic E-state index is 0.123. The van der Waals surface area contributed by atoms with Gasteiger partial charge in [-0.1, -0.05) is 53.8 Å². The molecule has 1 unspecified atom stereocenters. The Labute approximate surface area is 119 Å². The number of esters is 1. The van der Waals surface area contributed by atoms with Gasteiger partial charge in [-0.3, -0.25) is 4.79 Å². The SMILES string of the molecule is CCC(I)C(=O)Oc1cccc2cccc(O)c12. The minimum Gasteiger partial charge on any atom is -0.507 e. The number of hydrogen-bond acceptors (Lipinski definition) is 3. The van der Waals surface area contributed by atoms with E-state index in [4.69, 9.17) is 4.74 Å². The van der Waals surface area contributed by atoms with Crippen LogP contribution in [0.25, 0.3) is 10.8 Å². The van der Waals surface area contributed by atoms with Crippen LogP contribution in [-0.4, -0.2) is 15.0 Å². The zero-order chi connectivity index (χ0) is 13.1. The summed E-state index contributed by atoms with van der Waals surface area (Å²) < 4.78 is 5.18. The first-order chi connectivity index (χ1) is 8.63. The van der Waals surface area contributed by atoms with E-state index in [1.54, 1.807) is 24.3 Å². The number of benzene rings is 2. The molecule has 0 saturated heterocycles. The van der Waals surface area contributed by atoms with Crippen molar-refractivity contribution in [2.45, 2.75) is 17.3 Å². The van der Waals surface area contributed by atoms with E-state index in [2.05, 4.69) is 22.6 Å². The third-order valence-electron chi connectivity index (χ3n) is 2.67. The summed E-state index contributed by atoms with van der Waals surface area (Å²) in [4.78, 5) is 11.8. The van der Waals surface area contributed by atoms with Gasteiger partial charge in [-0.25, -0.2) is 0 Å². The molecule has 2 aromatic carbocycles. The number of rotatable bonds is 3. The fraction of sp³-hybridized carbons (Fsp3) is 0.214. The van der Waals surface area contributed by atoms with Crippen LogP contribution in [0, 0.1) is 0 Å². The molecule has 0 aromatic heterocycles. The van der Waals surface area contributed by atoms with E-state index in [1.807, 2.05) is 19.1 Å². The van der Waals surface area contributed by atoms with Gasteiger partial charge in [0.15, 0.2) is 0 Å². The molecule has 3 nitrogen and oxygen atoms in total. The molecule has 0 aliphatic carbocycles. The number of carbonyl (C=O) groups is 1. The number of ether oxygens (including phenoxy) is 1. The normalized spacial score (nSPS) is 12.3. The number of alkyl halides is 1. The first-order valence-electron chi connectivity index (χ1n) is 5.70. The van der Waals surface area contributed by atoms with Crippen LogP contribution in [0.3, 0.4) is 0 Å². The summed E-state index contributed by atoms with van der Waals surface area (Å²) in [6, 6.07) is 10.6. The summed E-state index contributed by atoms with van der Waals surface area (Å²) >= 11 is 2.05. The monoisotopic (exact) mass is 356 g/mol. The average molecular weight is 356 g/mol. The molecule has 0 bridgehead atoms. The van der Waals surface area contributed by atoms with Crippen LogP contribution in [0.2, 0.25) is 0 Å². The van der Waals surface area contributed by atoms with Gasteiger partial charge in [-0.15, -0.1) is 0 Å². The molecule has 0 spiro atoms. The smallest absolute Gasteiger partial charge is 0.324 e. The highest BCUT2D eigenvalue weighted by molar-refractivity contribution is 14.1. The summed E-state index contributed by atoms with van der Waals surface area (Å²) in [7, 11) is 0. The van der Waals surface area contributed by atoms with E-state index in [0.717, 1.165) is 11.8 Å². The van der Waals surface area contributed by atoms with Gasteiger partial charge >= 0.3 is 5.97 Å². The number of carbonyl (C=O) groups excluding carboxylic acids is 1. The van der Waals surface area contributed by atoms with Crippen LogP contribution in [0.5, 0.6) is 11.5 Å². The van der Waals surface area contributed by atoms with Crippen LogP contribution in [0.4, 0.5) is 0 Å². The van der Waals surface area contributed by atoms with E-state index in [-0.39, 0.29) is 15.6 Å². The van der Waals surface area contributed by atoms with Gasteiger partial charge in [-0.05, 0) is 23.9 Å². The Balaban J connectivity index is 2.42. The molecule has 0 aliphatic heterocycles. The van der Waals surface area contributed by atoms with E-state index >= 15 is 0 Å². The van der Waals surface area contributed by atoms with Crippen molar-refractivity contribution in [1.82, 2.24) is 0 Å². The Hall–Kier alpha value is -1.30. The molecule has 0 saturated carbocycles. The van der Waals surface area contributed by atoms with Gasteiger partial charge < -0.3 is 9.84 Å². The van der Waals surface area contributed by atoms with Gasteiger partial charge in [0, 0.05) is 0 Å². The number of phenolic OH excluding ortho intramolecular Hbond substituents is 1. The molecule has 4 heteroatoms. The van der Waals surface area contributed by atoms with Crippen LogP contribution >= 0.6 is 22.6 Å². The molecule has 1 N–H and O–H groups in total. The third-order valence-corrected chi connectivity index (χ3v) is 4.06. The fourth-order valence-electron chi connectivity index (χ4n) is 1.71. The average Bonchev–Trinajstić information content (AvgIpc) is 2.38. The molecule has 0 aliphatic rings. The zero-order valence-corrected chi connectivity index (χ0v) is 12.0. The predicted octanol–water partition coefficient (Wildman–Crippen LogP) is 3.66. The number of phenols is 1. The van der Waals surface area contributed by atoms with Crippen molar-refractivity contribution in [1.29, 1.82) is 0 Å². The highest BCUT2D eigenvalue weighted by Gasteiger charge is 2.17. The minimum atomic E-state index is -0.283. The van der Waals surface area contributed by atoms with Gasteiger partial charge in [0.1, 0.15) is 15.4 Å². The molecule has 2 aromatic rings. The van der Waals surface area contributed by atoms with Gasteiger partial charge in [0.05, 0.1) is 5.39 Å². The second kappa shape index (κ2) is 5.56. The van der Waals surface area contributed by atoms with Crippen molar-refractivity contribution in [3.63, 3.8) is 0 Å². The van der Waals surface area contributed by atoms with Crippen molar-refractivity contribution in [3.8, 4) is 11.5 Å². The Morgan fingerprint density at radius 1 is 1.33 bits per heavy atom. The summed E-state index contributed by atoms with van der Waals surface area (Å²) in [6.45, 7) is 1.93. The second-order valence-corrected chi connectivity index (χ2v) is 5.43. The lowest BCUT2D eigenvalue weighted by Crippen LogP contribution is -2.19.